The number of rotatable bonds is 10. The van der Waals surface area contributed by atoms with Gasteiger partial charge in [0.15, 0.2) is 0 Å². The maximum atomic E-state index is 5.71. The highest BCUT2D eigenvalue weighted by molar-refractivity contribution is 5.57. The largest absolute Gasteiger partial charge is 0.494 e. The molecule has 0 aliphatic heterocycles. The van der Waals surface area contributed by atoms with Crippen LogP contribution in [0.3, 0.4) is 0 Å². The SMILES string of the molecule is C=C/C=C(C=C)/C(=C\CC)C(=C\C)/C(=C\C)OCC.CC(C)Cc1ccccc1. The lowest BCUT2D eigenvalue weighted by Crippen LogP contribution is -2.01. The molecule has 1 aromatic carbocycles. The smallest absolute Gasteiger partial charge is 0.122 e. The molecule has 0 atom stereocenters. The first kappa shape index (κ1) is 26.5. The Bertz CT molecular complexity index is 712. The van der Waals surface area contributed by atoms with Crippen LogP contribution in [0, 0.1) is 5.92 Å². The average molecular weight is 393 g/mol. The Kier molecular flexibility index (Phi) is 15.0. The molecule has 0 radical (unpaired) electrons. The van der Waals surface area contributed by atoms with Gasteiger partial charge < -0.3 is 4.74 Å². The van der Waals surface area contributed by atoms with Crippen LogP contribution in [-0.4, -0.2) is 6.61 Å². The van der Waals surface area contributed by atoms with Crippen molar-refractivity contribution < 1.29 is 4.74 Å². The van der Waals surface area contributed by atoms with E-state index in [1.165, 1.54) is 12.0 Å². The standard InChI is InChI=1S/C18H26O.C10H14/c1-7-13-15(9-3)17(14-8-2)16(10-4)18(11-5)19-12-6;1-9(2)8-10-6-4-3-5-7-10/h7,9-11,13-14H,1,3,8,12H2,2,4-6H3;3-7,9H,8H2,1-2H3/b15-13+,16-10+,17-14+,18-11+;. The molecule has 0 N–H and O–H groups in total. The van der Waals surface area contributed by atoms with Crippen molar-refractivity contribution in [3.63, 3.8) is 0 Å². The van der Waals surface area contributed by atoms with Gasteiger partial charge in [0.05, 0.1) is 6.61 Å². The van der Waals surface area contributed by atoms with E-state index in [0.717, 1.165) is 34.8 Å². The van der Waals surface area contributed by atoms with Crippen molar-refractivity contribution in [3.05, 3.63) is 108 Å². The normalized spacial score (nSPS) is 12.9. The van der Waals surface area contributed by atoms with Crippen LogP contribution in [0.25, 0.3) is 0 Å². The fourth-order valence-corrected chi connectivity index (χ4v) is 2.97. The topological polar surface area (TPSA) is 9.23 Å². The first-order valence-corrected chi connectivity index (χ1v) is 10.6. The van der Waals surface area contributed by atoms with Gasteiger partial charge in [0, 0.05) is 5.57 Å². The Labute approximate surface area is 179 Å². The third-order valence-electron chi connectivity index (χ3n) is 4.13. The number of hydrogen-bond donors (Lipinski definition) is 0. The van der Waals surface area contributed by atoms with Gasteiger partial charge in [-0.15, -0.1) is 0 Å². The summed E-state index contributed by atoms with van der Waals surface area (Å²) in [7, 11) is 0. The Balaban J connectivity index is 0.000000651. The molecule has 29 heavy (non-hydrogen) atoms. The summed E-state index contributed by atoms with van der Waals surface area (Å²) in [6.07, 6.45) is 14.0. The second kappa shape index (κ2) is 16.4. The van der Waals surface area contributed by atoms with Crippen LogP contribution >= 0.6 is 0 Å². The molecule has 1 nitrogen and oxygen atoms in total. The Morgan fingerprint density at radius 3 is 2.07 bits per heavy atom. The van der Waals surface area contributed by atoms with E-state index in [2.05, 4.69) is 76.4 Å². The van der Waals surface area contributed by atoms with Crippen molar-refractivity contribution in [2.24, 2.45) is 5.92 Å². The molecule has 0 spiro atoms. The monoisotopic (exact) mass is 392 g/mol. The summed E-state index contributed by atoms with van der Waals surface area (Å²) in [5, 5.41) is 0. The summed E-state index contributed by atoms with van der Waals surface area (Å²) in [5.41, 5.74) is 4.74. The number of allylic oxidation sites excluding steroid dienone is 8. The highest BCUT2D eigenvalue weighted by atomic mass is 16.5. The third-order valence-corrected chi connectivity index (χ3v) is 4.13. The molecule has 1 rings (SSSR count). The minimum atomic E-state index is 0.658. The molecule has 0 aromatic heterocycles. The predicted octanol–water partition coefficient (Wildman–Crippen LogP) is 8.39. The maximum Gasteiger partial charge on any atom is 0.122 e. The van der Waals surface area contributed by atoms with Gasteiger partial charge >= 0.3 is 0 Å². The molecule has 0 unspecified atom stereocenters. The van der Waals surface area contributed by atoms with Crippen molar-refractivity contribution in [2.75, 3.05) is 6.61 Å². The van der Waals surface area contributed by atoms with E-state index in [1.807, 2.05) is 39.0 Å². The lowest BCUT2D eigenvalue weighted by atomic mass is 9.94. The van der Waals surface area contributed by atoms with Crippen LogP contribution < -0.4 is 0 Å². The van der Waals surface area contributed by atoms with E-state index in [1.54, 1.807) is 6.08 Å². The van der Waals surface area contributed by atoms with E-state index < -0.39 is 0 Å². The van der Waals surface area contributed by atoms with Gasteiger partial charge in [0.2, 0.25) is 0 Å². The van der Waals surface area contributed by atoms with Gasteiger partial charge in [-0.2, -0.15) is 0 Å². The first-order valence-electron chi connectivity index (χ1n) is 10.6. The van der Waals surface area contributed by atoms with Crippen molar-refractivity contribution in [2.45, 2.75) is 54.4 Å². The molecular weight excluding hydrogens is 352 g/mol. The zero-order chi connectivity index (χ0) is 22.1. The van der Waals surface area contributed by atoms with Crippen molar-refractivity contribution in [1.82, 2.24) is 0 Å². The molecular formula is C28H40O. The first-order chi connectivity index (χ1) is 14.0. The van der Waals surface area contributed by atoms with E-state index in [4.69, 9.17) is 4.74 Å². The van der Waals surface area contributed by atoms with Crippen LogP contribution in [-0.2, 0) is 11.2 Å². The van der Waals surface area contributed by atoms with Gasteiger partial charge in [-0.05, 0) is 62.3 Å². The summed E-state index contributed by atoms with van der Waals surface area (Å²) < 4.78 is 5.71. The highest BCUT2D eigenvalue weighted by Gasteiger charge is 2.12. The molecule has 0 aliphatic carbocycles. The number of ether oxygens (including phenoxy) is 1. The zero-order valence-electron chi connectivity index (χ0n) is 19.4. The third kappa shape index (κ3) is 10.5. The van der Waals surface area contributed by atoms with Crippen LogP contribution in [0.1, 0.15) is 53.5 Å². The molecule has 158 valence electrons. The van der Waals surface area contributed by atoms with Crippen LogP contribution in [0.2, 0.25) is 0 Å². The number of benzene rings is 1. The van der Waals surface area contributed by atoms with Gasteiger partial charge in [-0.3, -0.25) is 0 Å². The second-order valence-corrected chi connectivity index (χ2v) is 6.96. The Hall–Kier alpha value is -2.54. The van der Waals surface area contributed by atoms with Crippen molar-refractivity contribution in [3.8, 4) is 0 Å². The lowest BCUT2D eigenvalue weighted by molar-refractivity contribution is 0.238. The molecule has 0 amide bonds. The molecule has 0 aliphatic rings. The van der Waals surface area contributed by atoms with Crippen LogP contribution in [0.15, 0.2) is 102 Å². The molecule has 0 saturated heterocycles. The predicted molar refractivity (Wildman–Crippen MR) is 131 cm³/mol. The van der Waals surface area contributed by atoms with Gasteiger partial charge in [0.1, 0.15) is 5.76 Å². The van der Waals surface area contributed by atoms with Crippen LogP contribution in [0.4, 0.5) is 0 Å². The summed E-state index contributed by atoms with van der Waals surface area (Å²) in [6.45, 7) is 20.9. The molecule has 0 heterocycles. The van der Waals surface area contributed by atoms with E-state index in [9.17, 15) is 0 Å². The van der Waals surface area contributed by atoms with Crippen molar-refractivity contribution >= 4 is 0 Å². The summed E-state index contributed by atoms with van der Waals surface area (Å²) in [5.74, 6) is 1.67. The van der Waals surface area contributed by atoms with Crippen LogP contribution in [0.5, 0.6) is 0 Å². The van der Waals surface area contributed by atoms with E-state index in [-0.39, 0.29) is 0 Å². The lowest BCUT2D eigenvalue weighted by Gasteiger charge is -2.17. The van der Waals surface area contributed by atoms with Gasteiger partial charge in [-0.1, -0.05) is 94.6 Å². The second-order valence-electron chi connectivity index (χ2n) is 6.96. The summed E-state index contributed by atoms with van der Waals surface area (Å²) in [6, 6.07) is 10.6. The summed E-state index contributed by atoms with van der Waals surface area (Å²) >= 11 is 0. The molecule has 1 heteroatoms. The molecule has 0 fully saturated rings. The Morgan fingerprint density at radius 2 is 1.66 bits per heavy atom. The van der Waals surface area contributed by atoms with Crippen molar-refractivity contribution in [1.29, 1.82) is 0 Å². The minimum absolute atomic E-state index is 0.658. The van der Waals surface area contributed by atoms with E-state index >= 15 is 0 Å². The molecule has 0 saturated carbocycles. The Morgan fingerprint density at radius 1 is 1.00 bits per heavy atom. The minimum Gasteiger partial charge on any atom is -0.494 e. The quantitative estimate of drug-likeness (QED) is 0.287. The van der Waals surface area contributed by atoms with Gasteiger partial charge in [0.25, 0.3) is 0 Å². The molecule has 1 aromatic rings. The fraction of sp³-hybridized carbons (Fsp3) is 0.357. The average Bonchev–Trinajstić information content (AvgIpc) is 2.72. The van der Waals surface area contributed by atoms with E-state index in [0.29, 0.717) is 6.61 Å². The van der Waals surface area contributed by atoms with Gasteiger partial charge in [-0.25, -0.2) is 0 Å². The molecule has 0 bridgehead atoms. The zero-order valence-corrected chi connectivity index (χ0v) is 19.4. The fourth-order valence-electron chi connectivity index (χ4n) is 2.97. The highest BCUT2D eigenvalue weighted by Crippen LogP contribution is 2.28. The number of hydrogen-bond acceptors (Lipinski definition) is 1. The maximum absolute atomic E-state index is 5.71. The summed E-state index contributed by atoms with van der Waals surface area (Å²) in [4.78, 5) is 0.